The maximum atomic E-state index is 11.1. The Labute approximate surface area is 156 Å². The van der Waals surface area contributed by atoms with E-state index in [1.165, 1.54) is 0 Å². The number of piperidine rings is 1. The molecule has 0 unspecified atom stereocenters. The quantitative estimate of drug-likeness (QED) is 0.801. The Hall–Kier alpha value is -1.37. The van der Waals surface area contributed by atoms with Gasteiger partial charge in [-0.25, -0.2) is 0 Å². The summed E-state index contributed by atoms with van der Waals surface area (Å²) in [6, 6.07) is 4.66. The first-order valence-electron chi connectivity index (χ1n) is 9.99. The van der Waals surface area contributed by atoms with E-state index in [2.05, 4.69) is 40.8 Å². The molecule has 0 aliphatic carbocycles. The van der Waals surface area contributed by atoms with E-state index in [4.69, 9.17) is 9.52 Å². The molecule has 2 saturated heterocycles. The van der Waals surface area contributed by atoms with Gasteiger partial charge in [0.25, 0.3) is 0 Å². The number of piperazine rings is 1. The molecule has 2 atom stereocenters. The number of aliphatic carboxylic acids is 1. The second kappa shape index (κ2) is 9.02. The van der Waals surface area contributed by atoms with Crippen molar-refractivity contribution in [3.8, 4) is 0 Å². The van der Waals surface area contributed by atoms with Gasteiger partial charge in [0.15, 0.2) is 0 Å². The summed E-state index contributed by atoms with van der Waals surface area (Å²) in [4.78, 5) is 18.5. The van der Waals surface area contributed by atoms with Crippen molar-refractivity contribution >= 4 is 5.97 Å². The van der Waals surface area contributed by atoms with Crippen LogP contribution in [0.4, 0.5) is 0 Å². The van der Waals surface area contributed by atoms with Crippen molar-refractivity contribution in [2.24, 2.45) is 5.92 Å². The molecule has 6 heteroatoms. The number of furan rings is 1. The van der Waals surface area contributed by atoms with Crippen LogP contribution in [-0.4, -0.2) is 78.1 Å². The number of aryl methyl sites for hydroxylation is 1. The van der Waals surface area contributed by atoms with Crippen LogP contribution < -0.4 is 0 Å². The van der Waals surface area contributed by atoms with Gasteiger partial charge in [-0.2, -0.15) is 0 Å². The van der Waals surface area contributed by atoms with Gasteiger partial charge < -0.3 is 14.4 Å². The molecule has 0 amide bonds. The maximum Gasteiger partial charge on any atom is 0.303 e. The third-order valence-electron chi connectivity index (χ3n) is 5.96. The molecule has 2 aliphatic rings. The fraction of sp³-hybridized carbons (Fsp3) is 0.750. The molecular weight excluding hydrogens is 330 g/mol. The Balaban J connectivity index is 1.61. The molecule has 26 heavy (non-hydrogen) atoms. The molecule has 146 valence electrons. The minimum atomic E-state index is -0.683. The van der Waals surface area contributed by atoms with Crippen LogP contribution in [0.15, 0.2) is 16.5 Å². The predicted octanol–water partition coefficient (Wildman–Crippen LogP) is 2.14. The van der Waals surface area contributed by atoms with E-state index in [0.29, 0.717) is 12.0 Å². The Morgan fingerprint density at radius 1 is 1.19 bits per heavy atom. The second-order valence-electron chi connectivity index (χ2n) is 7.84. The van der Waals surface area contributed by atoms with Crippen molar-refractivity contribution < 1.29 is 14.3 Å². The predicted molar refractivity (Wildman–Crippen MR) is 101 cm³/mol. The number of carboxylic acids is 1. The van der Waals surface area contributed by atoms with E-state index >= 15 is 0 Å². The van der Waals surface area contributed by atoms with Gasteiger partial charge in [0.2, 0.25) is 0 Å². The topological polar surface area (TPSA) is 60.2 Å². The largest absolute Gasteiger partial charge is 0.481 e. The Morgan fingerprint density at radius 3 is 2.58 bits per heavy atom. The van der Waals surface area contributed by atoms with Gasteiger partial charge in [0.05, 0.1) is 6.54 Å². The Bertz CT molecular complexity index is 581. The van der Waals surface area contributed by atoms with Crippen LogP contribution in [0.3, 0.4) is 0 Å². The average molecular weight is 364 g/mol. The zero-order chi connectivity index (χ0) is 18.5. The summed E-state index contributed by atoms with van der Waals surface area (Å²) < 4.78 is 5.87. The minimum Gasteiger partial charge on any atom is -0.481 e. The van der Waals surface area contributed by atoms with E-state index in [0.717, 1.165) is 76.6 Å². The van der Waals surface area contributed by atoms with Gasteiger partial charge in [0.1, 0.15) is 11.5 Å². The summed E-state index contributed by atoms with van der Waals surface area (Å²) in [5.41, 5.74) is 0. The molecule has 0 spiro atoms. The van der Waals surface area contributed by atoms with E-state index < -0.39 is 5.97 Å². The zero-order valence-corrected chi connectivity index (χ0v) is 16.2. The smallest absolute Gasteiger partial charge is 0.303 e. The van der Waals surface area contributed by atoms with Crippen molar-refractivity contribution in [3.05, 3.63) is 23.7 Å². The highest BCUT2D eigenvalue weighted by molar-refractivity contribution is 5.66. The first kappa shape index (κ1) is 19.4. The minimum absolute atomic E-state index is 0.267. The zero-order valence-electron chi connectivity index (χ0n) is 16.2. The van der Waals surface area contributed by atoms with Crippen LogP contribution in [-0.2, 0) is 17.8 Å². The van der Waals surface area contributed by atoms with Crippen molar-refractivity contribution in [1.82, 2.24) is 14.7 Å². The second-order valence-corrected chi connectivity index (χ2v) is 7.84. The van der Waals surface area contributed by atoms with Crippen LogP contribution in [0, 0.1) is 5.92 Å². The number of carbonyl (C=O) groups is 1. The molecule has 1 N–H and O–H groups in total. The molecule has 0 saturated carbocycles. The third kappa shape index (κ3) is 5.09. The van der Waals surface area contributed by atoms with Crippen LogP contribution in [0.2, 0.25) is 0 Å². The lowest BCUT2D eigenvalue weighted by Crippen LogP contribution is -2.56. The van der Waals surface area contributed by atoms with Gasteiger partial charge in [-0.1, -0.05) is 6.92 Å². The molecule has 2 aliphatic heterocycles. The lowest BCUT2D eigenvalue weighted by molar-refractivity contribution is -0.137. The molecule has 0 radical (unpaired) electrons. The summed E-state index contributed by atoms with van der Waals surface area (Å²) >= 11 is 0. The van der Waals surface area contributed by atoms with Crippen LogP contribution >= 0.6 is 0 Å². The normalized spacial score (nSPS) is 26.2. The molecule has 1 aromatic heterocycles. The van der Waals surface area contributed by atoms with Gasteiger partial charge in [-0.05, 0) is 37.9 Å². The number of rotatable bonds is 7. The maximum absolute atomic E-state index is 11.1. The number of nitrogens with zero attached hydrogens (tertiary/aromatic N) is 3. The van der Waals surface area contributed by atoms with Gasteiger partial charge >= 0.3 is 5.97 Å². The summed E-state index contributed by atoms with van der Waals surface area (Å²) in [7, 11) is 2.18. The van der Waals surface area contributed by atoms with Crippen LogP contribution in [0.1, 0.15) is 37.7 Å². The standard InChI is InChI=1S/C20H33N3O3/c1-3-17-5-6-18(26-17)15-22-9-8-19(16(14-22)4-7-20(24)25)23-12-10-21(2)11-13-23/h5-6,16,19H,3-4,7-15H2,1-2H3,(H,24,25)/t16-,19+/m0/s1. The van der Waals surface area contributed by atoms with Crippen molar-refractivity contribution in [2.75, 3.05) is 46.3 Å². The fourth-order valence-corrected chi connectivity index (χ4v) is 4.38. The van der Waals surface area contributed by atoms with Crippen molar-refractivity contribution in [2.45, 2.75) is 45.2 Å². The number of hydrogen-bond acceptors (Lipinski definition) is 5. The summed E-state index contributed by atoms with van der Waals surface area (Å²) in [5.74, 6) is 1.80. The van der Waals surface area contributed by atoms with Crippen molar-refractivity contribution in [3.63, 3.8) is 0 Å². The molecule has 2 fully saturated rings. The van der Waals surface area contributed by atoms with Gasteiger partial charge in [-0.15, -0.1) is 0 Å². The lowest BCUT2D eigenvalue weighted by Gasteiger charge is -2.46. The molecular formula is C20H33N3O3. The highest BCUT2D eigenvalue weighted by Gasteiger charge is 2.34. The van der Waals surface area contributed by atoms with E-state index in [9.17, 15) is 4.79 Å². The summed E-state index contributed by atoms with van der Waals surface area (Å²) in [5, 5.41) is 9.16. The van der Waals surface area contributed by atoms with Gasteiger partial charge in [-0.3, -0.25) is 14.6 Å². The Kier molecular flexibility index (Phi) is 6.73. The van der Waals surface area contributed by atoms with Crippen LogP contribution in [0.5, 0.6) is 0 Å². The first-order chi connectivity index (χ1) is 12.5. The first-order valence-corrected chi connectivity index (χ1v) is 9.99. The van der Waals surface area contributed by atoms with E-state index in [-0.39, 0.29) is 6.42 Å². The lowest BCUT2D eigenvalue weighted by atomic mass is 9.86. The monoisotopic (exact) mass is 363 g/mol. The van der Waals surface area contributed by atoms with E-state index in [1.54, 1.807) is 0 Å². The molecule has 3 rings (SSSR count). The highest BCUT2D eigenvalue weighted by Crippen LogP contribution is 2.28. The molecule has 1 aromatic rings. The third-order valence-corrected chi connectivity index (χ3v) is 5.96. The number of carboxylic acid groups (broad SMARTS) is 1. The van der Waals surface area contributed by atoms with Gasteiger partial charge in [0, 0.05) is 58.2 Å². The van der Waals surface area contributed by atoms with Crippen LogP contribution in [0.25, 0.3) is 0 Å². The number of likely N-dealkylation sites (N-methyl/N-ethyl adjacent to an activating group) is 1. The molecule has 3 heterocycles. The average Bonchev–Trinajstić information content (AvgIpc) is 3.08. The number of hydrogen-bond donors (Lipinski definition) is 1. The number of likely N-dealkylation sites (tertiary alicyclic amines) is 1. The summed E-state index contributed by atoms with van der Waals surface area (Å²) in [6.07, 6.45) is 3.08. The molecule has 0 bridgehead atoms. The molecule has 0 aromatic carbocycles. The SMILES string of the molecule is CCc1ccc(CN2CC[C@@H](N3CCN(C)CC3)[C@@H](CCC(=O)O)C2)o1. The summed E-state index contributed by atoms with van der Waals surface area (Å²) in [6.45, 7) is 9.38. The highest BCUT2D eigenvalue weighted by atomic mass is 16.4. The molecule has 6 nitrogen and oxygen atoms in total. The fourth-order valence-electron chi connectivity index (χ4n) is 4.38. The van der Waals surface area contributed by atoms with Crippen molar-refractivity contribution in [1.29, 1.82) is 0 Å². The van der Waals surface area contributed by atoms with E-state index in [1.807, 2.05) is 0 Å². The Morgan fingerprint density at radius 2 is 1.92 bits per heavy atom.